The molecule has 0 aliphatic heterocycles. The minimum Gasteiger partial charge on any atom is -0.452 e. The van der Waals surface area contributed by atoms with Gasteiger partial charge in [0.1, 0.15) is 5.78 Å². The summed E-state index contributed by atoms with van der Waals surface area (Å²) in [5, 5.41) is 2.73. The molecule has 1 aromatic carbocycles. The van der Waals surface area contributed by atoms with E-state index in [2.05, 4.69) is 21.2 Å². The molecule has 1 amide bonds. The number of ether oxygens (including phenoxy) is 1. The summed E-state index contributed by atoms with van der Waals surface area (Å²) < 4.78 is 6.30. The van der Waals surface area contributed by atoms with Crippen molar-refractivity contribution in [1.82, 2.24) is 0 Å². The maximum Gasteiger partial charge on any atom is 0.309 e. The Kier molecular flexibility index (Phi) is 5.57. The Balaban J connectivity index is 1.54. The first-order valence-electron chi connectivity index (χ1n) is 8.74. The number of nitrogens with one attached hydrogen (secondary N) is 1. The number of carbonyl (C=O) groups excluding carboxylic acids is 3. The van der Waals surface area contributed by atoms with Gasteiger partial charge in [0.05, 0.1) is 5.92 Å². The van der Waals surface area contributed by atoms with Gasteiger partial charge in [0, 0.05) is 22.0 Å². The van der Waals surface area contributed by atoms with Gasteiger partial charge in [-0.3, -0.25) is 14.4 Å². The van der Waals surface area contributed by atoms with Gasteiger partial charge in [0.15, 0.2) is 6.10 Å². The molecule has 134 valence electrons. The Morgan fingerprint density at radius 2 is 1.76 bits per heavy atom. The topological polar surface area (TPSA) is 72.5 Å². The Morgan fingerprint density at radius 3 is 2.36 bits per heavy atom. The minimum absolute atomic E-state index is 0.00283. The predicted molar refractivity (Wildman–Crippen MR) is 96.9 cm³/mol. The SMILES string of the molecule is C[C@@H](OC(=O)C1C[C@H]2CCC[C@@H](C1)C2=O)C(=O)Nc1ccc(Br)cc1. The average Bonchev–Trinajstić information content (AvgIpc) is 2.56. The lowest BCUT2D eigenvalue weighted by molar-refractivity contribution is -0.161. The van der Waals surface area contributed by atoms with E-state index < -0.39 is 6.10 Å². The van der Waals surface area contributed by atoms with Crippen molar-refractivity contribution in [2.75, 3.05) is 5.32 Å². The molecule has 5 nitrogen and oxygen atoms in total. The van der Waals surface area contributed by atoms with Crippen LogP contribution in [-0.4, -0.2) is 23.8 Å². The van der Waals surface area contributed by atoms with Crippen molar-refractivity contribution in [3.05, 3.63) is 28.7 Å². The van der Waals surface area contributed by atoms with E-state index in [1.54, 1.807) is 19.1 Å². The second-order valence-corrected chi connectivity index (χ2v) is 7.89. The van der Waals surface area contributed by atoms with Crippen LogP contribution in [0.3, 0.4) is 0 Å². The summed E-state index contributed by atoms with van der Waals surface area (Å²) >= 11 is 3.34. The molecule has 25 heavy (non-hydrogen) atoms. The molecular formula is C19H22BrNO4. The fraction of sp³-hybridized carbons (Fsp3) is 0.526. The highest BCUT2D eigenvalue weighted by Crippen LogP contribution is 2.40. The number of carbonyl (C=O) groups is 3. The zero-order chi connectivity index (χ0) is 18.0. The fourth-order valence-electron chi connectivity index (χ4n) is 3.77. The number of esters is 1. The Bertz CT molecular complexity index is 657. The summed E-state index contributed by atoms with van der Waals surface area (Å²) in [6, 6.07) is 7.18. The summed E-state index contributed by atoms with van der Waals surface area (Å²) in [6.07, 6.45) is 3.07. The summed E-state index contributed by atoms with van der Waals surface area (Å²) in [5.74, 6) is -0.674. The van der Waals surface area contributed by atoms with Crippen molar-refractivity contribution in [2.24, 2.45) is 17.8 Å². The molecule has 2 bridgehead atoms. The van der Waals surface area contributed by atoms with Gasteiger partial charge in [0.25, 0.3) is 5.91 Å². The zero-order valence-corrected chi connectivity index (χ0v) is 15.8. The van der Waals surface area contributed by atoms with Gasteiger partial charge in [-0.15, -0.1) is 0 Å². The summed E-state index contributed by atoms with van der Waals surface area (Å²) in [4.78, 5) is 36.8. The van der Waals surface area contributed by atoms with Crippen LogP contribution in [0.15, 0.2) is 28.7 Å². The van der Waals surface area contributed by atoms with Crippen LogP contribution in [0.4, 0.5) is 5.69 Å². The molecule has 1 unspecified atom stereocenters. The normalized spacial score (nSPS) is 26.6. The average molecular weight is 408 g/mol. The number of hydrogen-bond acceptors (Lipinski definition) is 4. The minimum atomic E-state index is -0.867. The van der Waals surface area contributed by atoms with Gasteiger partial charge in [-0.25, -0.2) is 0 Å². The number of Topliss-reactive ketones (excluding diaryl/α,β-unsaturated/α-hetero) is 1. The number of anilines is 1. The lowest BCUT2D eigenvalue weighted by Crippen LogP contribution is -2.41. The number of benzene rings is 1. The fourth-order valence-corrected chi connectivity index (χ4v) is 4.04. The van der Waals surface area contributed by atoms with Crippen LogP contribution in [0.1, 0.15) is 39.0 Å². The molecule has 2 aliphatic rings. The predicted octanol–water partition coefficient (Wildman–Crippen LogP) is 3.71. The van der Waals surface area contributed by atoms with Crippen LogP contribution < -0.4 is 5.32 Å². The molecule has 1 aromatic rings. The maximum absolute atomic E-state index is 12.4. The first-order chi connectivity index (χ1) is 11.9. The Hall–Kier alpha value is -1.69. The molecule has 0 heterocycles. The molecule has 2 saturated carbocycles. The smallest absolute Gasteiger partial charge is 0.309 e. The summed E-state index contributed by atoms with van der Waals surface area (Å²) in [6.45, 7) is 1.57. The van der Waals surface area contributed by atoms with E-state index in [0.717, 1.165) is 23.7 Å². The van der Waals surface area contributed by atoms with E-state index in [-0.39, 0.29) is 29.6 Å². The standard InChI is InChI=1S/C19H22BrNO4/c1-11(18(23)21-16-7-5-15(20)6-8-16)25-19(24)14-9-12-3-2-4-13(10-14)17(12)22/h5-8,11-14H,2-4,9-10H2,1H3,(H,21,23)/t11-,12-,13+,14?/m1/s1. The highest BCUT2D eigenvalue weighted by molar-refractivity contribution is 9.10. The Labute approximate surface area is 155 Å². The van der Waals surface area contributed by atoms with Gasteiger partial charge in [-0.1, -0.05) is 22.4 Å². The molecule has 3 rings (SSSR count). The first kappa shape index (κ1) is 18.1. The molecule has 6 heteroatoms. The van der Waals surface area contributed by atoms with Crippen LogP contribution in [0.2, 0.25) is 0 Å². The van der Waals surface area contributed by atoms with Crippen molar-refractivity contribution in [2.45, 2.75) is 45.1 Å². The van der Waals surface area contributed by atoms with E-state index in [4.69, 9.17) is 4.74 Å². The molecule has 4 atom stereocenters. The zero-order valence-electron chi connectivity index (χ0n) is 14.2. The third kappa shape index (κ3) is 4.29. The highest BCUT2D eigenvalue weighted by atomic mass is 79.9. The molecule has 1 N–H and O–H groups in total. The van der Waals surface area contributed by atoms with E-state index >= 15 is 0 Å². The molecule has 0 radical (unpaired) electrons. The van der Waals surface area contributed by atoms with Gasteiger partial charge in [0.2, 0.25) is 0 Å². The number of ketones is 1. The summed E-state index contributed by atoms with van der Waals surface area (Å²) in [5.41, 5.74) is 0.647. The van der Waals surface area contributed by atoms with Crippen molar-refractivity contribution in [1.29, 1.82) is 0 Å². The molecular weight excluding hydrogens is 386 g/mol. The molecule has 0 spiro atoms. The van der Waals surface area contributed by atoms with Crippen LogP contribution in [0.5, 0.6) is 0 Å². The second kappa shape index (κ2) is 7.68. The molecule has 2 fully saturated rings. The third-order valence-corrected chi connectivity index (χ3v) is 5.68. The monoisotopic (exact) mass is 407 g/mol. The van der Waals surface area contributed by atoms with Gasteiger partial charge < -0.3 is 10.1 Å². The maximum atomic E-state index is 12.4. The van der Waals surface area contributed by atoms with Crippen molar-refractivity contribution < 1.29 is 19.1 Å². The first-order valence-corrected chi connectivity index (χ1v) is 9.54. The van der Waals surface area contributed by atoms with E-state index in [0.29, 0.717) is 24.3 Å². The lowest BCUT2D eigenvalue weighted by atomic mass is 9.67. The van der Waals surface area contributed by atoms with Gasteiger partial charge >= 0.3 is 5.97 Å². The second-order valence-electron chi connectivity index (χ2n) is 6.97. The van der Waals surface area contributed by atoms with Crippen LogP contribution in [0.25, 0.3) is 0 Å². The van der Waals surface area contributed by atoms with Crippen LogP contribution in [0, 0.1) is 17.8 Å². The van der Waals surface area contributed by atoms with E-state index in [1.807, 2.05) is 12.1 Å². The quantitative estimate of drug-likeness (QED) is 0.771. The Morgan fingerprint density at radius 1 is 1.16 bits per heavy atom. The number of rotatable bonds is 4. The summed E-state index contributed by atoms with van der Waals surface area (Å²) in [7, 11) is 0. The number of fused-ring (bicyclic) bond motifs is 2. The van der Waals surface area contributed by atoms with Gasteiger partial charge in [-0.05, 0) is 56.9 Å². The van der Waals surface area contributed by atoms with Gasteiger partial charge in [-0.2, -0.15) is 0 Å². The van der Waals surface area contributed by atoms with Crippen LogP contribution in [-0.2, 0) is 19.1 Å². The molecule has 0 saturated heterocycles. The molecule has 2 aliphatic carbocycles. The number of hydrogen-bond donors (Lipinski definition) is 1. The van der Waals surface area contributed by atoms with Crippen molar-refractivity contribution in [3.8, 4) is 0 Å². The highest BCUT2D eigenvalue weighted by Gasteiger charge is 2.42. The molecule has 0 aromatic heterocycles. The number of amides is 1. The largest absolute Gasteiger partial charge is 0.452 e. The van der Waals surface area contributed by atoms with E-state index in [9.17, 15) is 14.4 Å². The number of halogens is 1. The lowest BCUT2D eigenvalue weighted by Gasteiger charge is -2.36. The van der Waals surface area contributed by atoms with Crippen molar-refractivity contribution in [3.63, 3.8) is 0 Å². The third-order valence-electron chi connectivity index (χ3n) is 5.16. The van der Waals surface area contributed by atoms with Crippen molar-refractivity contribution >= 4 is 39.3 Å². The van der Waals surface area contributed by atoms with Crippen LogP contribution >= 0.6 is 15.9 Å². The van der Waals surface area contributed by atoms with E-state index in [1.165, 1.54) is 0 Å².